The lowest BCUT2D eigenvalue weighted by molar-refractivity contribution is -0.133. The Hall–Kier alpha value is -1.46. The van der Waals surface area contributed by atoms with E-state index in [1.54, 1.807) is 0 Å². The summed E-state index contributed by atoms with van der Waals surface area (Å²) in [6.45, 7) is 0. The maximum Gasteiger partial charge on any atom is 0.256 e. The number of carbonyl (C=O) groups is 1. The smallest absolute Gasteiger partial charge is 0.256 e. The Morgan fingerprint density at radius 2 is 2.27 bits per heavy atom. The Bertz CT molecular complexity index is 408. The molecule has 2 unspecified atom stereocenters. The van der Waals surface area contributed by atoms with Crippen molar-refractivity contribution in [3.63, 3.8) is 0 Å². The van der Waals surface area contributed by atoms with Crippen molar-refractivity contribution >= 4 is 11.6 Å². The number of amides is 1. The molecule has 1 aromatic carbocycles. The SMILES string of the molecule is COC1C(=O)Nc2cccc(F)c2C1O. The predicted molar refractivity (Wildman–Crippen MR) is 50.8 cm³/mol. The van der Waals surface area contributed by atoms with Crippen LogP contribution in [-0.4, -0.2) is 24.2 Å². The summed E-state index contributed by atoms with van der Waals surface area (Å²) in [4.78, 5) is 11.4. The third-order valence-electron chi connectivity index (χ3n) is 2.41. The minimum absolute atomic E-state index is 0.0731. The van der Waals surface area contributed by atoms with Crippen molar-refractivity contribution in [3.05, 3.63) is 29.6 Å². The third-order valence-corrected chi connectivity index (χ3v) is 2.41. The second-order valence-corrected chi connectivity index (χ2v) is 3.29. The number of aliphatic hydroxyl groups excluding tert-OH is 1. The highest BCUT2D eigenvalue weighted by Crippen LogP contribution is 2.33. The van der Waals surface area contributed by atoms with E-state index in [9.17, 15) is 14.3 Å². The van der Waals surface area contributed by atoms with Crippen LogP contribution in [0.25, 0.3) is 0 Å². The zero-order chi connectivity index (χ0) is 11.0. The Morgan fingerprint density at radius 3 is 2.93 bits per heavy atom. The third kappa shape index (κ3) is 1.49. The lowest BCUT2D eigenvalue weighted by Gasteiger charge is -2.28. The largest absolute Gasteiger partial charge is 0.385 e. The summed E-state index contributed by atoms with van der Waals surface area (Å²) < 4.78 is 18.2. The molecule has 4 nitrogen and oxygen atoms in total. The van der Waals surface area contributed by atoms with E-state index < -0.39 is 23.9 Å². The molecule has 0 spiro atoms. The van der Waals surface area contributed by atoms with Gasteiger partial charge in [-0.25, -0.2) is 4.39 Å². The van der Waals surface area contributed by atoms with E-state index in [-0.39, 0.29) is 5.56 Å². The monoisotopic (exact) mass is 211 g/mol. The molecule has 0 saturated carbocycles. The van der Waals surface area contributed by atoms with Gasteiger partial charge in [0.25, 0.3) is 5.91 Å². The van der Waals surface area contributed by atoms with Gasteiger partial charge in [0.05, 0.1) is 0 Å². The average Bonchev–Trinajstić information content (AvgIpc) is 2.17. The summed E-state index contributed by atoms with van der Waals surface area (Å²) in [6, 6.07) is 4.23. The molecule has 0 radical (unpaired) electrons. The summed E-state index contributed by atoms with van der Waals surface area (Å²) in [7, 11) is 1.29. The van der Waals surface area contributed by atoms with Gasteiger partial charge >= 0.3 is 0 Å². The first-order valence-electron chi connectivity index (χ1n) is 4.45. The number of benzene rings is 1. The summed E-state index contributed by atoms with van der Waals surface area (Å²) in [5.74, 6) is -1.02. The van der Waals surface area contributed by atoms with E-state index in [0.717, 1.165) is 0 Å². The predicted octanol–water partition coefficient (Wildman–Crippen LogP) is 0.826. The first kappa shape index (κ1) is 10.1. The molecule has 0 aromatic heterocycles. The van der Waals surface area contributed by atoms with Crippen molar-refractivity contribution < 1.29 is 19.0 Å². The Morgan fingerprint density at radius 1 is 1.53 bits per heavy atom. The Labute approximate surface area is 85.7 Å². The van der Waals surface area contributed by atoms with Crippen molar-refractivity contribution in [2.45, 2.75) is 12.2 Å². The van der Waals surface area contributed by atoms with E-state index in [0.29, 0.717) is 5.69 Å². The summed E-state index contributed by atoms with van der Waals surface area (Å²) in [5.41, 5.74) is 0.366. The fourth-order valence-corrected chi connectivity index (χ4v) is 1.68. The molecule has 80 valence electrons. The van der Waals surface area contributed by atoms with Crippen LogP contribution in [0.3, 0.4) is 0 Å². The topological polar surface area (TPSA) is 58.6 Å². The van der Waals surface area contributed by atoms with Crippen LogP contribution in [0.2, 0.25) is 0 Å². The number of nitrogens with one attached hydrogen (secondary N) is 1. The quantitative estimate of drug-likeness (QED) is 0.723. The minimum Gasteiger partial charge on any atom is -0.385 e. The van der Waals surface area contributed by atoms with E-state index in [1.165, 1.54) is 25.3 Å². The molecular weight excluding hydrogens is 201 g/mol. The number of anilines is 1. The van der Waals surface area contributed by atoms with Gasteiger partial charge in [0, 0.05) is 18.4 Å². The highest BCUT2D eigenvalue weighted by molar-refractivity contribution is 5.98. The molecule has 1 amide bonds. The van der Waals surface area contributed by atoms with Crippen molar-refractivity contribution in [2.24, 2.45) is 0 Å². The number of hydrogen-bond donors (Lipinski definition) is 2. The summed E-state index contributed by atoms with van der Waals surface area (Å²) in [6.07, 6.45) is -2.32. The number of methoxy groups -OCH3 is 1. The number of fused-ring (bicyclic) bond motifs is 1. The van der Waals surface area contributed by atoms with E-state index >= 15 is 0 Å². The molecule has 2 rings (SSSR count). The maximum absolute atomic E-state index is 13.4. The Kier molecular flexibility index (Phi) is 2.42. The number of carbonyl (C=O) groups excluding carboxylic acids is 1. The van der Waals surface area contributed by atoms with E-state index in [1.807, 2.05) is 0 Å². The van der Waals surface area contributed by atoms with E-state index in [2.05, 4.69) is 5.32 Å². The van der Waals surface area contributed by atoms with Gasteiger partial charge in [-0.05, 0) is 12.1 Å². The summed E-state index contributed by atoms with van der Waals surface area (Å²) >= 11 is 0. The van der Waals surface area contributed by atoms with Crippen molar-refractivity contribution in [1.82, 2.24) is 0 Å². The van der Waals surface area contributed by atoms with Gasteiger partial charge < -0.3 is 15.2 Å². The molecule has 5 heteroatoms. The number of ether oxygens (including phenoxy) is 1. The van der Waals surface area contributed by atoms with Crippen LogP contribution in [0.15, 0.2) is 18.2 Å². The van der Waals surface area contributed by atoms with Crippen LogP contribution in [0, 0.1) is 5.82 Å². The minimum atomic E-state index is -1.26. The second-order valence-electron chi connectivity index (χ2n) is 3.29. The van der Waals surface area contributed by atoms with Gasteiger partial charge in [0.1, 0.15) is 11.9 Å². The molecule has 2 atom stereocenters. The second kappa shape index (κ2) is 3.60. The normalized spacial score (nSPS) is 24.6. The van der Waals surface area contributed by atoms with Gasteiger partial charge in [-0.3, -0.25) is 4.79 Å². The first-order chi connectivity index (χ1) is 7.15. The van der Waals surface area contributed by atoms with Gasteiger partial charge in [-0.2, -0.15) is 0 Å². The molecule has 0 saturated heterocycles. The summed E-state index contributed by atoms with van der Waals surface area (Å²) in [5, 5.41) is 12.2. The van der Waals surface area contributed by atoms with Crippen LogP contribution in [0.4, 0.5) is 10.1 Å². The molecule has 0 bridgehead atoms. The molecule has 2 N–H and O–H groups in total. The molecule has 0 fully saturated rings. The molecule has 1 aliphatic heterocycles. The van der Waals surface area contributed by atoms with Crippen molar-refractivity contribution in [1.29, 1.82) is 0 Å². The van der Waals surface area contributed by atoms with Crippen molar-refractivity contribution in [3.8, 4) is 0 Å². The van der Waals surface area contributed by atoms with Gasteiger partial charge in [0.15, 0.2) is 6.10 Å². The highest BCUT2D eigenvalue weighted by atomic mass is 19.1. The Balaban J connectivity index is 2.51. The molecule has 0 aliphatic carbocycles. The zero-order valence-corrected chi connectivity index (χ0v) is 8.03. The van der Waals surface area contributed by atoms with Crippen LogP contribution in [0.1, 0.15) is 11.7 Å². The van der Waals surface area contributed by atoms with Crippen LogP contribution in [0.5, 0.6) is 0 Å². The molecule has 15 heavy (non-hydrogen) atoms. The number of hydrogen-bond acceptors (Lipinski definition) is 3. The van der Waals surface area contributed by atoms with Crippen LogP contribution >= 0.6 is 0 Å². The fourth-order valence-electron chi connectivity index (χ4n) is 1.68. The van der Waals surface area contributed by atoms with Gasteiger partial charge in [0.2, 0.25) is 0 Å². The number of rotatable bonds is 1. The maximum atomic E-state index is 13.4. The number of halogens is 1. The van der Waals surface area contributed by atoms with Crippen molar-refractivity contribution in [2.75, 3.05) is 12.4 Å². The standard InChI is InChI=1S/C10H10FNO3/c1-15-9-8(13)7-5(11)3-2-4-6(7)12-10(9)14/h2-4,8-9,13H,1H3,(H,12,14). The first-order valence-corrected chi connectivity index (χ1v) is 4.45. The van der Waals surface area contributed by atoms with Gasteiger partial charge in [-0.15, -0.1) is 0 Å². The van der Waals surface area contributed by atoms with E-state index in [4.69, 9.17) is 4.74 Å². The highest BCUT2D eigenvalue weighted by Gasteiger charge is 2.36. The number of aliphatic hydroxyl groups is 1. The molecule has 1 aliphatic rings. The van der Waals surface area contributed by atoms with Crippen LogP contribution in [-0.2, 0) is 9.53 Å². The zero-order valence-electron chi connectivity index (χ0n) is 8.03. The molecular formula is C10H10FNO3. The fraction of sp³-hybridized carbons (Fsp3) is 0.300. The average molecular weight is 211 g/mol. The lowest BCUT2D eigenvalue weighted by Crippen LogP contribution is -2.39. The lowest BCUT2D eigenvalue weighted by atomic mass is 9.97. The molecule has 1 aromatic rings. The van der Waals surface area contributed by atoms with Gasteiger partial charge in [-0.1, -0.05) is 6.07 Å². The molecule has 1 heterocycles. The van der Waals surface area contributed by atoms with Crippen LogP contribution < -0.4 is 5.32 Å².